The van der Waals surface area contributed by atoms with Crippen molar-refractivity contribution >= 4 is 5.82 Å². The molecule has 2 radical (unpaired) electrons. The van der Waals surface area contributed by atoms with Crippen molar-refractivity contribution in [2.75, 3.05) is 32.2 Å². The number of aromatic nitrogens is 1. The van der Waals surface area contributed by atoms with E-state index in [1.165, 1.54) is 0 Å². The molecule has 3 heteroatoms. The maximum atomic E-state index is 5.52. The summed E-state index contributed by atoms with van der Waals surface area (Å²) in [4.78, 5) is 6.19. The summed E-state index contributed by atoms with van der Waals surface area (Å²) in [5.74, 6) is 0.909. The lowest BCUT2D eigenvalue weighted by molar-refractivity contribution is 0.206. The molecule has 1 aromatic rings. The molecule has 1 rings (SSSR count). The van der Waals surface area contributed by atoms with Crippen molar-refractivity contribution in [3.8, 4) is 0 Å². The predicted octanol–water partition coefficient (Wildman–Crippen LogP) is 1.22. The summed E-state index contributed by atoms with van der Waals surface area (Å²) < 4.78 is 4.96. The molecule has 70 valence electrons. The van der Waals surface area contributed by atoms with E-state index in [0.717, 1.165) is 12.4 Å². The highest BCUT2D eigenvalue weighted by Gasteiger charge is 1.99. The fourth-order valence-corrected chi connectivity index (χ4v) is 0.966. The summed E-state index contributed by atoms with van der Waals surface area (Å²) in [6.45, 7) is 7.05. The minimum Gasteiger partial charge on any atom is -0.383 e. The Kier molecular flexibility index (Phi) is 3.71. The highest BCUT2D eigenvalue weighted by Crippen LogP contribution is 2.07. The van der Waals surface area contributed by atoms with Gasteiger partial charge in [-0.25, -0.2) is 4.98 Å². The Morgan fingerprint density at radius 1 is 1.54 bits per heavy atom. The first kappa shape index (κ1) is 9.99. The lowest BCUT2D eigenvalue weighted by Gasteiger charge is -2.17. The van der Waals surface area contributed by atoms with Gasteiger partial charge in [0.05, 0.1) is 6.61 Å². The summed E-state index contributed by atoms with van der Waals surface area (Å²) in [5.41, 5.74) is 0.684. The standard InChI is InChI=1S/C10H14N2O/c1-9-4-5-10(11-8-9)12(2)6-7-13-3/h1,4-5,8H,6-7H2,2-3H3. The molecular weight excluding hydrogens is 164 g/mol. The van der Waals surface area contributed by atoms with Crippen LogP contribution in [0.15, 0.2) is 18.3 Å². The molecule has 0 atom stereocenters. The molecule has 0 unspecified atom stereocenters. The molecule has 3 nitrogen and oxygen atoms in total. The van der Waals surface area contributed by atoms with Gasteiger partial charge >= 0.3 is 0 Å². The molecular formula is C10H14N2O. The van der Waals surface area contributed by atoms with Gasteiger partial charge in [0.25, 0.3) is 0 Å². The molecule has 0 saturated heterocycles. The Balaban J connectivity index is 2.55. The molecule has 0 N–H and O–H groups in total. The summed E-state index contributed by atoms with van der Waals surface area (Å²) >= 11 is 0. The maximum Gasteiger partial charge on any atom is 0.128 e. The second-order valence-corrected chi connectivity index (χ2v) is 2.86. The largest absolute Gasteiger partial charge is 0.383 e. The van der Waals surface area contributed by atoms with Gasteiger partial charge in [0.1, 0.15) is 5.82 Å². The van der Waals surface area contributed by atoms with E-state index in [4.69, 9.17) is 11.7 Å². The van der Waals surface area contributed by atoms with Crippen molar-refractivity contribution in [2.45, 2.75) is 0 Å². The van der Waals surface area contributed by atoms with Crippen molar-refractivity contribution in [3.05, 3.63) is 30.8 Å². The molecule has 0 aromatic carbocycles. The van der Waals surface area contributed by atoms with Crippen LogP contribution in [-0.4, -0.2) is 32.3 Å². The first-order chi connectivity index (χ1) is 6.24. The summed E-state index contributed by atoms with van der Waals surface area (Å²) in [5, 5.41) is 0. The molecule has 0 amide bonds. The van der Waals surface area contributed by atoms with Crippen molar-refractivity contribution in [1.29, 1.82) is 0 Å². The second kappa shape index (κ2) is 4.82. The Hall–Kier alpha value is -1.09. The maximum absolute atomic E-state index is 5.52. The monoisotopic (exact) mass is 178 g/mol. The first-order valence-electron chi connectivity index (χ1n) is 4.15. The van der Waals surface area contributed by atoms with Crippen molar-refractivity contribution in [1.82, 2.24) is 4.98 Å². The zero-order valence-electron chi connectivity index (χ0n) is 8.03. The SMILES string of the molecule is [CH]c1ccc(N(C)CCOC)nc1. The second-order valence-electron chi connectivity index (χ2n) is 2.86. The highest BCUT2D eigenvalue weighted by molar-refractivity contribution is 5.38. The number of anilines is 1. The molecule has 0 bridgehead atoms. The van der Waals surface area contributed by atoms with E-state index < -0.39 is 0 Å². The van der Waals surface area contributed by atoms with Crippen LogP contribution in [0, 0.1) is 6.92 Å². The van der Waals surface area contributed by atoms with Gasteiger partial charge in [-0.15, -0.1) is 0 Å². The number of nitrogens with zero attached hydrogens (tertiary/aromatic N) is 2. The molecule has 0 spiro atoms. The van der Waals surface area contributed by atoms with Crippen LogP contribution in [0.1, 0.15) is 5.56 Å². The Bertz CT molecular complexity index is 246. The fourth-order valence-electron chi connectivity index (χ4n) is 0.966. The van der Waals surface area contributed by atoms with Crippen LogP contribution < -0.4 is 4.90 Å². The van der Waals surface area contributed by atoms with Crippen molar-refractivity contribution in [3.63, 3.8) is 0 Å². The van der Waals surface area contributed by atoms with E-state index in [2.05, 4.69) is 4.98 Å². The Morgan fingerprint density at radius 2 is 2.31 bits per heavy atom. The van der Waals surface area contributed by atoms with Crippen molar-refractivity contribution in [2.24, 2.45) is 0 Å². The van der Waals surface area contributed by atoms with E-state index in [-0.39, 0.29) is 0 Å². The van der Waals surface area contributed by atoms with Crippen LogP contribution in [0.3, 0.4) is 0 Å². The predicted molar refractivity (Wildman–Crippen MR) is 52.8 cm³/mol. The molecule has 13 heavy (non-hydrogen) atoms. The van der Waals surface area contributed by atoms with E-state index in [1.807, 2.05) is 24.1 Å². The average molecular weight is 178 g/mol. The van der Waals surface area contributed by atoms with Gasteiger partial charge in [0, 0.05) is 33.8 Å². The van der Waals surface area contributed by atoms with Crippen LogP contribution in [0.2, 0.25) is 0 Å². The molecule has 1 aromatic heterocycles. The molecule has 0 fully saturated rings. The average Bonchev–Trinajstić information content (AvgIpc) is 2.15. The summed E-state index contributed by atoms with van der Waals surface area (Å²) in [6, 6.07) is 3.73. The minimum absolute atomic E-state index is 0.684. The van der Waals surface area contributed by atoms with Gasteiger partial charge in [-0.2, -0.15) is 0 Å². The van der Waals surface area contributed by atoms with Gasteiger partial charge in [-0.1, -0.05) is 6.07 Å². The van der Waals surface area contributed by atoms with Crippen LogP contribution in [0.25, 0.3) is 0 Å². The number of hydrogen-bond acceptors (Lipinski definition) is 3. The molecule has 0 aliphatic heterocycles. The number of rotatable bonds is 4. The number of pyridine rings is 1. The zero-order chi connectivity index (χ0) is 9.68. The smallest absolute Gasteiger partial charge is 0.128 e. The Morgan fingerprint density at radius 3 is 2.85 bits per heavy atom. The fraction of sp³-hybridized carbons (Fsp3) is 0.400. The van der Waals surface area contributed by atoms with Gasteiger partial charge in [0.15, 0.2) is 0 Å². The molecule has 0 aliphatic carbocycles. The topological polar surface area (TPSA) is 25.4 Å². The van der Waals surface area contributed by atoms with Crippen LogP contribution in [0.4, 0.5) is 5.82 Å². The third-order valence-corrected chi connectivity index (χ3v) is 1.79. The van der Waals surface area contributed by atoms with Crippen molar-refractivity contribution < 1.29 is 4.74 Å². The first-order valence-corrected chi connectivity index (χ1v) is 4.15. The van der Waals surface area contributed by atoms with E-state index in [0.29, 0.717) is 12.2 Å². The van der Waals surface area contributed by atoms with E-state index in [1.54, 1.807) is 13.3 Å². The number of hydrogen-bond donors (Lipinski definition) is 0. The van der Waals surface area contributed by atoms with Crippen LogP contribution in [-0.2, 0) is 4.74 Å². The molecule has 0 aliphatic rings. The quantitative estimate of drug-likeness (QED) is 0.693. The number of likely N-dealkylation sites (N-methyl/N-ethyl adjacent to an activating group) is 1. The Labute approximate surface area is 79.3 Å². The molecule has 0 saturated carbocycles. The highest BCUT2D eigenvalue weighted by atomic mass is 16.5. The third-order valence-electron chi connectivity index (χ3n) is 1.79. The lowest BCUT2D eigenvalue weighted by Crippen LogP contribution is -2.22. The minimum atomic E-state index is 0.684. The van der Waals surface area contributed by atoms with Gasteiger partial charge in [-0.05, 0) is 11.6 Å². The van der Waals surface area contributed by atoms with E-state index >= 15 is 0 Å². The van der Waals surface area contributed by atoms with Gasteiger partial charge < -0.3 is 9.64 Å². The number of ether oxygens (including phenoxy) is 1. The summed E-state index contributed by atoms with van der Waals surface area (Å²) in [6.07, 6.45) is 1.65. The van der Waals surface area contributed by atoms with Gasteiger partial charge in [0.2, 0.25) is 0 Å². The normalized spacial score (nSPS) is 10.1. The number of methoxy groups -OCH3 is 1. The summed E-state index contributed by atoms with van der Waals surface area (Å²) in [7, 11) is 3.65. The van der Waals surface area contributed by atoms with Gasteiger partial charge in [-0.3, -0.25) is 0 Å². The third kappa shape index (κ3) is 3.03. The zero-order valence-corrected chi connectivity index (χ0v) is 8.03. The van der Waals surface area contributed by atoms with Crippen LogP contribution in [0.5, 0.6) is 0 Å². The van der Waals surface area contributed by atoms with Crippen LogP contribution >= 0.6 is 0 Å². The lowest BCUT2D eigenvalue weighted by atomic mass is 10.3. The molecule has 1 heterocycles. The van der Waals surface area contributed by atoms with E-state index in [9.17, 15) is 0 Å².